The second-order valence-corrected chi connectivity index (χ2v) is 5.17. The van der Waals surface area contributed by atoms with Crippen molar-refractivity contribution < 1.29 is 4.79 Å². The quantitative estimate of drug-likeness (QED) is 0.817. The predicted octanol–water partition coefficient (Wildman–Crippen LogP) is 2.23. The third-order valence-corrected chi connectivity index (χ3v) is 3.74. The number of hydrogen-bond acceptors (Lipinski definition) is 2. The van der Waals surface area contributed by atoms with Crippen molar-refractivity contribution >= 4 is 34.2 Å². The van der Waals surface area contributed by atoms with E-state index in [-0.39, 0.29) is 11.8 Å². The van der Waals surface area contributed by atoms with Gasteiger partial charge >= 0.3 is 0 Å². The van der Waals surface area contributed by atoms with Crippen LogP contribution in [0.5, 0.6) is 0 Å². The topological polar surface area (TPSA) is 41.1 Å². The van der Waals surface area contributed by atoms with Gasteiger partial charge in [0.15, 0.2) is 0 Å². The molecule has 2 rings (SSSR count). The Balaban J connectivity index is 1.99. The Morgan fingerprint density at radius 2 is 2.25 bits per heavy atom. The van der Waals surface area contributed by atoms with Gasteiger partial charge in [-0.25, -0.2) is 0 Å². The van der Waals surface area contributed by atoms with E-state index in [1.54, 1.807) is 0 Å². The summed E-state index contributed by atoms with van der Waals surface area (Å²) in [4.78, 5) is 12.0. The molecule has 1 aliphatic heterocycles. The van der Waals surface area contributed by atoms with E-state index in [1.165, 1.54) is 0 Å². The second kappa shape index (κ2) is 5.63. The minimum Gasteiger partial charge on any atom is -0.325 e. The zero-order valence-corrected chi connectivity index (χ0v) is 11.2. The Bertz CT molecular complexity index is 375. The minimum atomic E-state index is 0.116. The average molecular weight is 330 g/mol. The van der Waals surface area contributed by atoms with Crippen LogP contribution in [-0.4, -0.2) is 19.0 Å². The molecule has 86 valence electrons. The van der Waals surface area contributed by atoms with Crippen molar-refractivity contribution in [2.45, 2.75) is 12.8 Å². The summed E-state index contributed by atoms with van der Waals surface area (Å²) in [5.41, 5.74) is 0.915. The van der Waals surface area contributed by atoms with Crippen LogP contribution >= 0.6 is 22.6 Å². The van der Waals surface area contributed by atoms with Crippen LogP contribution in [0.15, 0.2) is 24.3 Å². The number of halogens is 1. The van der Waals surface area contributed by atoms with Crippen molar-refractivity contribution in [3.63, 3.8) is 0 Å². The van der Waals surface area contributed by atoms with E-state index < -0.39 is 0 Å². The third-order valence-electron chi connectivity index (χ3n) is 2.80. The summed E-state index contributed by atoms with van der Waals surface area (Å²) in [6.45, 7) is 1.84. The average Bonchev–Trinajstić information content (AvgIpc) is 2.33. The van der Waals surface area contributed by atoms with Crippen molar-refractivity contribution in [3.8, 4) is 0 Å². The smallest absolute Gasteiger partial charge is 0.228 e. The molecule has 0 bridgehead atoms. The van der Waals surface area contributed by atoms with Crippen molar-refractivity contribution in [1.82, 2.24) is 5.32 Å². The number of anilines is 1. The lowest BCUT2D eigenvalue weighted by Gasteiger charge is -2.22. The van der Waals surface area contributed by atoms with Gasteiger partial charge in [-0.15, -0.1) is 0 Å². The SMILES string of the molecule is O=C(Nc1ccccc1I)[C@H]1CCCNC1. The number of benzene rings is 1. The second-order valence-electron chi connectivity index (χ2n) is 4.01. The zero-order chi connectivity index (χ0) is 11.4. The van der Waals surface area contributed by atoms with Gasteiger partial charge in [-0.2, -0.15) is 0 Å². The van der Waals surface area contributed by atoms with E-state index in [9.17, 15) is 4.79 Å². The highest BCUT2D eigenvalue weighted by Crippen LogP contribution is 2.19. The van der Waals surface area contributed by atoms with Gasteiger partial charge in [-0.05, 0) is 54.1 Å². The van der Waals surface area contributed by atoms with Gasteiger partial charge in [0, 0.05) is 10.1 Å². The van der Waals surface area contributed by atoms with Gasteiger partial charge in [-0.1, -0.05) is 12.1 Å². The van der Waals surface area contributed by atoms with Crippen molar-refractivity contribution in [1.29, 1.82) is 0 Å². The summed E-state index contributed by atoms with van der Waals surface area (Å²) in [5.74, 6) is 0.251. The Morgan fingerprint density at radius 1 is 1.44 bits per heavy atom. The maximum atomic E-state index is 12.0. The van der Waals surface area contributed by atoms with Crippen molar-refractivity contribution in [2.75, 3.05) is 18.4 Å². The van der Waals surface area contributed by atoms with Crippen molar-refractivity contribution in [2.24, 2.45) is 5.92 Å². The maximum Gasteiger partial charge on any atom is 0.228 e. The summed E-state index contributed by atoms with van der Waals surface area (Å²) < 4.78 is 1.08. The molecular weight excluding hydrogens is 315 g/mol. The van der Waals surface area contributed by atoms with Gasteiger partial charge in [0.1, 0.15) is 0 Å². The van der Waals surface area contributed by atoms with E-state index in [0.29, 0.717) is 0 Å². The summed E-state index contributed by atoms with van der Waals surface area (Å²) in [6.07, 6.45) is 2.08. The zero-order valence-electron chi connectivity index (χ0n) is 9.00. The van der Waals surface area contributed by atoms with Crippen LogP contribution in [0.3, 0.4) is 0 Å². The standard InChI is InChI=1S/C12H15IN2O/c13-10-5-1-2-6-11(10)15-12(16)9-4-3-7-14-8-9/h1-2,5-6,9,14H,3-4,7-8H2,(H,15,16)/t9-/m0/s1. The molecule has 16 heavy (non-hydrogen) atoms. The first-order chi connectivity index (χ1) is 7.77. The van der Waals surface area contributed by atoms with Crippen LogP contribution in [0.1, 0.15) is 12.8 Å². The molecular formula is C12H15IN2O. The van der Waals surface area contributed by atoms with Gasteiger partial charge in [0.25, 0.3) is 0 Å². The van der Waals surface area contributed by atoms with Crippen LogP contribution in [0, 0.1) is 9.49 Å². The molecule has 1 heterocycles. The fourth-order valence-electron chi connectivity index (χ4n) is 1.87. The van der Waals surface area contributed by atoms with Gasteiger partial charge in [0.2, 0.25) is 5.91 Å². The molecule has 2 N–H and O–H groups in total. The number of nitrogens with one attached hydrogen (secondary N) is 2. The lowest BCUT2D eigenvalue weighted by molar-refractivity contribution is -0.120. The van der Waals surface area contributed by atoms with Crippen LogP contribution in [0.4, 0.5) is 5.69 Å². The molecule has 3 nitrogen and oxygen atoms in total. The fourth-order valence-corrected chi connectivity index (χ4v) is 2.40. The molecule has 1 atom stereocenters. The Hall–Kier alpha value is -0.620. The summed E-state index contributed by atoms with van der Waals surface area (Å²) >= 11 is 2.23. The fraction of sp³-hybridized carbons (Fsp3) is 0.417. The molecule has 0 aliphatic carbocycles. The minimum absolute atomic E-state index is 0.116. The van der Waals surface area contributed by atoms with Gasteiger partial charge in [0.05, 0.1) is 11.6 Å². The molecule has 1 aromatic carbocycles. The van der Waals surface area contributed by atoms with E-state index in [4.69, 9.17) is 0 Å². The molecule has 1 aliphatic rings. The number of para-hydroxylation sites is 1. The molecule has 0 aromatic heterocycles. The van der Waals surface area contributed by atoms with E-state index in [0.717, 1.165) is 35.2 Å². The largest absolute Gasteiger partial charge is 0.325 e. The summed E-state index contributed by atoms with van der Waals surface area (Å²) in [7, 11) is 0. The van der Waals surface area contributed by atoms with E-state index in [2.05, 4.69) is 33.2 Å². The monoisotopic (exact) mass is 330 g/mol. The number of carbonyl (C=O) groups excluding carboxylic acids is 1. The highest BCUT2D eigenvalue weighted by atomic mass is 127. The molecule has 1 aromatic rings. The van der Waals surface area contributed by atoms with Crippen LogP contribution < -0.4 is 10.6 Å². The van der Waals surface area contributed by atoms with Crippen molar-refractivity contribution in [3.05, 3.63) is 27.8 Å². The molecule has 4 heteroatoms. The highest BCUT2D eigenvalue weighted by Gasteiger charge is 2.21. The molecule has 0 radical (unpaired) electrons. The first-order valence-corrected chi connectivity index (χ1v) is 6.61. The first kappa shape index (κ1) is 11.9. The molecule has 1 fully saturated rings. The third kappa shape index (κ3) is 2.95. The lowest BCUT2D eigenvalue weighted by atomic mass is 9.99. The molecule has 0 unspecified atom stereocenters. The van der Waals surface area contributed by atoms with Gasteiger partial charge < -0.3 is 10.6 Å². The highest BCUT2D eigenvalue weighted by molar-refractivity contribution is 14.1. The molecule has 0 saturated carbocycles. The lowest BCUT2D eigenvalue weighted by Crippen LogP contribution is -2.37. The number of carbonyl (C=O) groups is 1. The number of piperidine rings is 1. The van der Waals surface area contributed by atoms with E-state index in [1.807, 2.05) is 24.3 Å². The maximum absolute atomic E-state index is 12.0. The number of amides is 1. The van der Waals surface area contributed by atoms with E-state index >= 15 is 0 Å². The summed E-state index contributed by atoms with van der Waals surface area (Å²) in [5, 5.41) is 6.25. The predicted molar refractivity (Wildman–Crippen MR) is 73.4 cm³/mol. The Kier molecular flexibility index (Phi) is 4.17. The van der Waals surface area contributed by atoms with Crippen LogP contribution in [0.2, 0.25) is 0 Å². The molecule has 1 amide bonds. The Labute approximate surface area is 109 Å². The molecule has 0 spiro atoms. The van der Waals surface area contributed by atoms with Crippen LogP contribution in [0.25, 0.3) is 0 Å². The number of hydrogen-bond donors (Lipinski definition) is 2. The summed E-state index contributed by atoms with van der Waals surface area (Å²) in [6, 6.07) is 7.85. The number of rotatable bonds is 2. The van der Waals surface area contributed by atoms with Crippen LogP contribution in [-0.2, 0) is 4.79 Å². The normalized spacial score (nSPS) is 20.4. The first-order valence-electron chi connectivity index (χ1n) is 5.53. The Morgan fingerprint density at radius 3 is 2.94 bits per heavy atom. The van der Waals surface area contributed by atoms with Gasteiger partial charge in [-0.3, -0.25) is 4.79 Å². The molecule has 1 saturated heterocycles.